The van der Waals surface area contributed by atoms with Gasteiger partial charge in [0.2, 0.25) is 0 Å². The Kier molecular flexibility index (Phi) is 4.30. The summed E-state index contributed by atoms with van der Waals surface area (Å²) < 4.78 is 27.2. The van der Waals surface area contributed by atoms with Crippen LogP contribution in [0.5, 0.6) is 0 Å². The second kappa shape index (κ2) is 5.76. The Morgan fingerprint density at radius 1 is 0.833 bits per heavy atom. The molecule has 0 spiro atoms. The van der Waals surface area contributed by atoms with E-state index in [0.717, 1.165) is 11.1 Å². The Morgan fingerprint density at radius 3 is 2.28 bits per heavy atom. The lowest BCUT2D eigenvalue weighted by molar-refractivity contribution is 0.598. The molecule has 0 atom stereocenters. The molecule has 0 saturated heterocycles. The van der Waals surface area contributed by atoms with Crippen molar-refractivity contribution < 1.29 is 8.78 Å². The molecule has 0 amide bonds. The zero-order chi connectivity index (χ0) is 13.1. The largest absolute Gasteiger partial charge is 0.206 e. The molecule has 0 fully saturated rings. The molecule has 2 aromatic rings. The third-order valence-corrected chi connectivity index (χ3v) is 5.23. The van der Waals surface area contributed by atoms with Crippen molar-refractivity contribution in [3.8, 4) is 0 Å². The lowest BCUT2D eigenvalue weighted by atomic mass is 10.1. The first kappa shape index (κ1) is 13.4. The van der Waals surface area contributed by atoms with Gasteiger partial charge < -0.3 is 0 Å². The van der Waals surface area contributed by atoms with Crippen LogP contribution in [0.1, 0.15) is 11.1 Å². The highest BCUT2D eigenvalue weighted by Gasteiger charge is 2.11. The lowest BCUT2D eigenvalue weighted by Gasteiger charge is -2.09. The molecular formula is C14H12F2S2. The zero-order valence-electron chi connectivity index (χ0n) is 10.0. The molecule has 0 aromatic heterocycles. The van der Waals surface area contributed by atoms with Gasteiger partial charge in [-0.3, -0.25) is 0 Å². The van der Waals surface area contributed by atoms with Crippen LogP contribution in [0.4, 0.5) is 8.78 Å². The maximum atomic E-state index is 13.7. The quantitative estimate of drug-likeness (QED) is 0.693. The third-order valence-electron chi connectivity index (χ3n) is 2.68. The summed E-state index contributed by atoms with van der Waals surface area (Å²) in [7, 11) is 2.50. The van der Waals surface area contributed by atoms with Crippen LogP contribution in [0.2, 0.25) is 0 Å². The summed E-state index contributed by atoms with van der Waals surface area (Å²) in [6.45, 7) is 3.81. The van der Waals surface area contributed by atoms with Crippen LogP contribution < -0.4 is 0 Å². The van der Waals surface area contributed by atoms with E-state index in [1.54, 1.807) is 24.3 Å². The first-order valence-electron chi connectivity index (χ1n) is 5.44. The molecule has 0 saturated carbocycles. The van der Waals surface area contributed by atoms with Crippen molar-refractivity contribution in [1.82, 2.24) is 0 Å². The first-order chi connectivity index (χ1) is 8.59. The van der Waals surface area contributed by atoms with Crippen molar-refractivity contribution in [3.05, 3.63) is 59.2 Å². The fourth-order valence-electron chi connectivity index (χ4n) is 1.46. The molecule has 0 nitrogen and oxygen atoms in total. The second-order valence-corrected chi connectivity index (χ2v) is 6.10. The number of benzene rings is 2. The molecule has 0 radical (unpaired) electrons. The molecular weight excluding hydrogens is 270 g/mol. The van der Waals surface area contributed by atoms with Gasteiger partial charge in [-0.25, -0.2) is 8.78 Å². The standard InChI is InChI=1S/C14H12F2S2/c1-9-7-8-12(16)14(10(9)2)18-17-13-6-4-3-5-11(13)15/h3-8H,1-2H3. The van der Waals surface area contributed by atoms with Crippen LogP contribution in [0, 0.1) is 25.5 Å². The number of aryl methyl sites for hydroxylation is 1. The summed E-state index contributed by atoms with van der Waals surface area (Å²) in [6, 6.07) is 9.71. The maximum Gasteiger partial charge on any atom is 0.137 e. The van der Waals surface area contributed by atoms with Crippen LogP contribution in [-0.2, 0) is 0 Å². The molecule has 4 heteroatoms. The van der Waals surface area contributed by atoms with E-state index < -0.39 is 0 Å². The Hall–Kier alpha value is -1.00. The van der Waals surface area contributed by atoms with E-state index in [0.29, 0.717) is 9.79 Å². The Morgan fingerprint density at radius 2 is 1.56 bits per heavy atom. The van der Waals surface area contributed by atoms with E-state index in [9.17, 15) is 8.78 Å². The fourth-order valence-corrected chi connectivity index (χ4v) is 3.89. The van der Waals surface area contributed by atoms with Crippen molar-refractivity contribution in [1.29, 1.82) is 0 Å². The summed E-state index contributed by atoms with van der Waals surface area (Å²) in [5.74, 6) is -0.535. The van der Waals surface area contributed by atoms with Crippen LogP contribution in [0.25, 0.3) is 0 Å². The number of rotatable bonds is 3. The molecule has 0 aliphatic heterocycles. The van der Waals surface area contributed by atoms with Crippen LogP contribution in [0.3, 0.4) is 0 Å². The average Bonchev–Trinajstić information content (AvgIpc) is 2.36. The molecule has 0 unspecified atom stereocenters. The smallest absolute Gasteiger partial charge is 0.137 e. The zero-order valence-corrected chi connectivity index (χ0v) is 11.7. The van der Waals surface area contributed by atoms with Gasteiger partial charge in [0.05, 0.1) is 9.79 Å². The van der Waals surface area contributed by atoms with E-state index >= 15 is 0 Å². The molecule has 2 rings (SSSR count). The SMILES string of the molecule is Cc1ccc(F)c(SSc2ccccc2F)c1C. The van der Waals surface area contributed by atoms with Crippen LogP contribution in [0.15, 0.2) is 46.2 Å². The van der Waals surface area contributed by atoms with Crippen molar-refractivity contribution in [2.45, 2.75) is 23.6 Å². The highest BCUT2D eigenvalue weighted by atomic mass is 33.1. The van der Waals surface area contributed by atoms with Gasteiger partial charge in [0.15, 0.2) is 0 Å². The highest BCUT2D eigenvalue weighted by molar-refractivity contribution is 8.76. The van der Waals surface area contributed by atoms with Crippen molar-refractivity contribution in [2.24, 2.45) is 0 Å². The summed E-state index contributed by atoms with van der Waals surface area (Å²) in [5, 5.41) is 0. The molecule has 0 N–H and O–H groups in total. The van der Waals surface area contributed by atoms with E-state index in [2.05, 4.69) is 0 Å². The first-order valence-corrected chi connectivity index (χ1v) is 7.59. The summed E-state index contributed by atoms with van der Waals surface area (Å²) in [6.07, 6.45) is 0. The summed E-state index contributed by atoms with van der Waals surface area (Å²) in [4.78, 5) is 1.09. The minimum absolute atomic E-state index is 0.257. The van der Waals surface area contributed by atoms with Crippen molar-refractivity contribution >= 4 is 21.6 Å². The number of halogens is 2. The maximum absolute atomic E-state index is 13.7. The highest BCUT2D eigenvalue weighted by Crippen LogP contribution is 2.41. The van der Waals surface area contributed by atoms with Gasteiger partial charge in [0.1, 0.15) is 11.6 Å². The van der Waals surface area contributed by atoms with Gasteiger partial charge in [-0.1, -0.05) is 18.2 Å². The molecule has 0 heterocycles. The van der Waals surface area contributed by atoms with Gasteiger partial charge in [-0.2, -0.15) is 0 Å². The summed E-state index contributed by atoms with van der Waals surface area (Å²) >= 11 is 0. The molecule has 0 aliphatic carbocycles. The van der Waals surface area contributed by atoms with Gasteiger partial charge in [0, 0.05) is 0 Å². The van der Waals surface area contributed by atoms with Crippen LogP contribution >= 0.6 is 21.6 Å². The van der Waals surface area contributed by atoms with E-state index in [1.807, 2.05) is 13.8 Å². The lowest BCUT2D eigenvalue weighted by Crippen LogP contribution is -1.88. The fraction of sp³-hybridized carbons (Fsp3) is 0.143. The average molecular weight is 282 g/mol. The normalized spacial score (nSPS) is 10.7. The van der Waals surface area contributed by atoms with E-state index in [-0.39, 0.29) is 11.6 Å². The number of hydrogen-bond donors (Lipinski definition) is 0. The van der Waals surface area contributed by atoms with E-state index in [1.165, 1.54) is 33.7 Å². The predicted octanol–water partition coefficient (Wildman–Crippen LogP) is 5.38. The summed E-state index contributed by atoms with van der Waals surface area (Å²) in [5.41, 5.74) is 1.94. The van der Waals surface area contributed by atoms with E-state index in [4.69, 9.17) is 0 Å². The number of hydrogen-bond acceptors (Lipinski definition) is 2. The van der Waals surface area contributed by atoms with Gasteiger partial charge in [0.25, 0.3) is 0 Å². The Bertz CT molecular complexity index is 568. The second-order valence-electron chi connectivity index (χ2n) is 3.92. The van der Waals surface area contributed by atoms with Crippen molar-refractivity contribution in [2.75, 3.05) is 0 Å². The topological polar surface area (TPSA) is 0 Å². The molecule has 18 heavy (non-hydrogen) atoms. The Labute approximate surface area is 113 Å². The monoisotopic (exact) mass is 282 g/mol. The molecule has 2 aromatic carbocycles. The minimum atomic E-state index is -0.277. The minimum Gasteiger partial charge on any atom is -0.206 e. The predicted molar refractivity (Wildman–Crippen MR) is 74.0 cm³/mol. The molecule has 0 bridgehead atoms. The van der Waals surface area contributed by atoms with Gasteiger partial charge in [-0.15, -0.1) is 0 Å². The van der Waals surface area contributed by atoms with Gasteiger partial charge >= 0.3 is 0 Å². The molecule has 0 aliphatic rings. The van der Waals surface area contributed by atoms with Crippen LogP contribution in [-0.4, -0.2) is 0 Å². The van der Waals surface area contributed by atoms with Crippen molar-refractivity contribution in [3.63, 3.8) is 0 Å². The van der Waals surface area contributed by atoms with Gasteiger partial charge in [-0.05, 0) is 64.8 Å². The molecule has 94 valence electrons. The third kappa shape index (κ3) is 2.87. The Balaban J connectivity index is 2.21.